The molecule has 2 N–H and O–H groups in total. The number of sulfone groups is 1. The highest BCUT2D eigenvalue weighted by atomic mass is 32.2. The Morgan fingerprint density at radius 3 is 2.24 bits per heavy atom. The molecular formula is C15H24N2O3S. The number of hydrogen-bond acceptors (Lipinski definition) is 4. The number of rotatable bonds is 6. The summed E-state index contributed by atoms with van der Waals surface area (Å²) in [6.45, 7) is 3.88. The van der Waals surface area contributed by atoms with Crippen LogP contribution in [0.2, 0.25) is 0 Å². The Labute approximate surface area is 127 Å². The Morgan fingerprint density at radius 2 is 1.81 bits per heavy atom. The molecule has 1 amide bonds. The number of carbonyl (C=O) groups excluding carboxylic acids is 1. The number of likely N-dealkylation sites (N-methyl/N-ethyl adjacent to an activating group) is 1. The van der Waals surface area contributed by atoms with Crippen LogP contribution in [0.3, 0.4) is 0 Å². The second-order valence-electron chi connectivity index (χ2n) is 5.36. The molecule has 21 heavy (non-hydrogen) atoms. The molecule has 0 fully saturated rings. The van der Waals surface area contributed by atoms with Crippen molar-refractivity contribution in [2.45, 2.75) is 43.7 Å². The van der Waals surface area contributed by atoms with Crippen LogP contribution in [-0.4, -0.2) is 38.6 Å². The maximum Gasteiger partial charge on any atom is 0.239 e. The first-order valence-electron chi connectivity index (χ1n) is 7.00. The summed E-state index contributed by atoms with van der Waals surface area (Å²) < 4.78 is 22.9. The van der Waals surface area contributed by atoms with Crippen molar-refractivity contribution in [1.82, 2.24) is 4.90 Å². The summed E-state index contributed by atoms with van der Waals surface area (Å²) >= 11 is 0. The van der Waals surface area contributed by atoms with Gasteiger partial charge in [-0.1, -0.05) is 25.5 Å². The van der Waals surface area contributed by atoms with Gasteiger partial charge >= 0.3 is 0 Å². The van der Waals surface area contributed by atoms with Crippen molar-refractivity contribution in [3.8, 4) is 0 Å². The minimum absolute atomic E-state index is 0.100. The molecule has 0 aromatic heterocycles. The molecular weight excluding hydrogens is 288 g/mol. The third kappa shape index (κ3) is 4.54. The molecule has 1 aromatic rings. The van der Waals surface area contributed by atoms with Crippen LogP contribution in [0.5, 0.6) is 0 Å². The fraction of sp³-hybridized carbons (Fsp3) is 0.533. The molecule has 0 radical (unpaired) electrons. The molecule has 5 nitrogen and oxygen atoms in total. The highest BCUT2D eigenvalue weighted by Crippen LogP contribution is 2.21. The summed E-state index contributed by atoms with van der Waals surface area (Å²) in [4.78, 5) is 14.1. The van der Waals surface area contributed by atoms with Crippen molar-refractivity contribution in [1.29, 1.82) is 0 Å². The largest absolute Gasteiger partial charge is 0.338 e. The van der Waals surface area contributed by atoms with Gasteiger partial charge in [-0.05, 0) is 31.0 Å². The van der Waals surface area contributed by atoms with E-state index in [0.29, 0.717) is 6.42 Å². The molecule has 2 atom stereocenters. The molecule has 0 aliphatic heterocycles. The number of nitrogens with two attached hydrogens (primary N) is 1. The van der Waals surface area contributed by atoms with E-state index in [9.17, 15) is 13.2 Å². The van der Waals surface area contributed by atoms with Crippen molar-refractivity contribution in [3.05, 3.63) is 29.8 Å². The van der Waals surface area contributed by atoms with Gasteiger partial charge in [-0.15, -0.1) is 0 Å². The lowest BCUT2D eigenvalue weighted by Crippen LogP contribution is -2.42. The molecule has 1 rings (SSSR count). The first-order chi connectivity index (χ1) is 9.68. The second kappa shape index (κ2) is 7.04. The highest BCUT2D eigenvalue weighted by molar-refractivity contribution is 7.90. The maximum absolute atomic E-state index is 12.2. The van der Waals surface area contributed by atoms with Crippen LogP contribution in [0.15, 0.2) is 29.2 Å². The second-order valence-corrected chi connectivity index (χ2v) is 7.38. The van der Waals surface area contributed by atoms with E-state index < -0.39 is 15.9 Å². The summed E-state index contributed by atoms with van der Waals surface area (Å²) in [7, 11) is -1.49. The quantitative estimate of drug-likeness (QED) is 0.867. The summed E-state index contributed by atoms with van der Waals surface area (Å²) in [6.07, 6.45) is 2.69. The molecule has 0 bridgehead atoms. The van der Waals surface area contributed by atoms with Crippen LogP contribution >= 0.6 is 0 Å². The number of amides is 1. The van der Waals surface area contributed by atoms with Gasteiger partial charge in [0.15, 0.2) is 9.84 Å². The molecule has 6 heteroatoms. The zero-order chi connectivity index (χ0) is 16.2. The number of nitrogens with zero attached hydrogens (tertiary/aromatic N) is 1. The minimum atomic E-state index is -3.20. The van der Waals surface area contributed by atoms with Gasteiger partial charge in [0.25, 0.3) is 0 Å². The van der Waals surface area contributed by atoms with Crippen molar-refractivity contribution in [2.24, 2.45) is 5.73 Å². The van der Waals surface area contributed by atoms with Gasteiger partial charge in [0.05, 0.1) is 17.0 Å². The summed E-state index contributed by atoms with van der Waals surface area (Å²) in [5, 5.41) is 0. The van der Waals surface area contributed by atoms with E-state index in [2.05, 4.69) is 0 Å². The smallest absolute Gasteiger partial charge is 0.239 e. The lowest BCUT2D eigenvalue weighted by Gasteiger charge is -2.28. The Hall–Kier alpha value is -1.40. The van der Waals surface area contributed by atoms with Crippen LogP contribution in [0.25, 0.3) is 0 Å². The fourth-order valence-electron chi connectivity index (χ4n) is 2.10. The predicted molar refractivity (Wildman–Crippen MR) is 83.6 cm³/mol. The van der Waals surface area contributed by atoms with Crippen LogP contribution in [-0.2, 0) is 14.6 Å². The lowest BCUT2D eigenvalue weighted by atomic mass is 10.1. The van der Waals surface area contributed by atoms with E-state index in [-0.39, 0.29) is 16.8 Å². The Kier molecular flexibility index (Phi) is 5.92. The van der Waals surface area contributed by atoms with Gasteiger partial charge in [-0.25, -0.2) is 8.42 Å². The van der Waals surface area contributed by atoms with E-state index in [1.807, 2.05) is 13.8 Å². The standard InChI is InChI=1S/C15H24N2O3S/c1-5-6-14(16)15(18)17(3)11(2)12-7-9-13(10-8-12)21(4,19)20/h7-11,14H,5-6,16H2,1-4H3/t11-,14+/m0/s1. The molecule has 1 aromatic carbocycles. The Balaban J connectivity index is 2.88. The molecule has 0 aliphatic carbocycles. The number of hydrogen-bond donors (Lipinski definition) is 1. The normalized spacial score (nSPS) is 14.5. The lowest BCUT2D eigenvalue weighted by molar-refractivity contribution is -0.133. The molecule has 0 aliphatic rings. The molecule has 0 spiro atoms. The van der Waals surface area contributed by atoms with Crippen molar-refractivity contribution < 1.29 is 13.2 Å². The zero-order valence-electron chi connectivity index (χ0n) is 13.0. The third-order valence-corrected chi connectivity index (χ3v) is 4.76. The van der Waals surface area contributed by atoms with E-state index in [4.69, 9.17) is 5.73 Å². The fourth-order valence-corrected chi connectivity index (χ4v) is 2.73. The average molecular weight is 312 g/mol. The van der Waals surface area contributed by atoms with Crippen LogP contribution in [0.1, 0.15) is 38.3 Å². The SMILES string of the molecule is CCC[C@@H](N)C(=O)N(C)[C@@H](C)c1ccc(S(C)(=O)=O)cc1. The van der Waals surface area contributed by atoms with Gasteiger partial charge in [0.1, 0.15) is 0 Å². The third-order valence-electron chi connectivity index (χ3n) is 3.64. The Bertz CT molecular complexity index is 581. The summed E-state index contributed by atoms with van der Waals surface area (Å²) in [6, 6.07) is 5.94. The zero-order valence-corrected chi connectivity index (χ0v) is 13.9. The number of benzene rings is 1. The molecule has 0 saturated carbocycles. The summed E-state index contributed by atoms with van der Waals surface area (Å²) in [5.41, 5.74) is 6.73. The van der Waals surface area contributed by atoms with Crippen LogP contribution in [0, 0.1) is 0 Å². The van der Waals surface area contributed by atoms with E-state index in [1.54, 1.807) is 36.2 Å². The topological polar surface area (TPSA) is 80.5 Å². The highest BCUT2D eigenvalue weighted by Gasteiger charge is 2.22. The first kappa shape index (κ1) is 17.7. The van der Waals surface area contributed by atoms with Crippen LogP contribution < -0.4 is 5.73 Å². The van der Waals surface area contributed by atoms with Crippen molar-refractivity contribution in [3.63, 3.8) is 0 Å². The van der Waals surface area contributed by atoms with E-state index in [0.717, 1.165) is 12.0 Å². The van der Waals surface area contributed by atoms with E-state index >= 15 is 0 Å². The predicted octanol–water partition coefficient (Wildman–Crippen LogP) is 1.74. The number of carbonyl (C=O) groups is 1. The molecule has 118 valence electrons. The molecule has 0 heterocycles. The van der Waals surface area contributed by atoms with E-state index in [1.165, 1.54) is 6.26 Å². The van der Waals surface area contributed by atoms with Crippen LogP contribution in [0.4, 0.5) is 0 Å². The van der Waals surface area contributed by atoms with Crippen molar-refractivity contribution >= 4 is 15.7 Å². The Morgan fingerprint density at radius 1 is 1.29 bits per heavy atom. The minimum Gasteiger partial charge on any atom is -0.338 e. The van der Waals surface area contributed by atoms with Gasteiger partial charge in [0.2, 0.25) is 5.91 Å². The van der Waals surface area contributed by atoms with Gasteiger partial charge in [0, 0.05) is 13.3 Å². The maximum atomic E-state index is 12.2. The van der Waals surface area contributed by atoms with Crippen molar-refractivity contribution in [2.75, 3.05) is 13.3 Å². The molecule has 0 unspecified atom stereocenters. The monoisotopic (exact) mass is 312 g/mol. The van der Waals surface area contributed by atoms with Gasteiger partial charge in [-0.3, -0.25) is 4.79 Å². The average Bonchev–Trinajstić information content (AvgIpc) is 2.44. The summed E-state index contributed by atoms with van der Waals surface area (Å²) in [5.74, 6) is -0.100. The molecule has 0 saturated heterocycles. The first-order valence-corrected chi connectivity index (χ1v) is 8.90. The van der Waals surface area contributed by atoms with Gasteiger partial charge < -0.3 is 10.6 Å². The van der Waals surface area contributed by atoms with Gasteiger partial charge in [-0.2, -0.15) is 0 Å².